The van der Waals surface area contributed by atoms with Crippen LogP contribution in [0.4, 0.5) is 0 Å². The van der Waals surface area contributed by atoms with E-state index in [0.29, 0.717) is 0 Å². The van der Waals surface area contributed by atoms with Gasteiger partial charge in [-0.3, -0.25) is 14.5 Å². The number of imide groups is 1. The number of aliphatic hydroxyl groups is 1. The van der Waals surface area contributed by atoms with Gasteiger partial charge in [-0.1, -0.05) is 30.3 Å². The number of halogens is 1. The molecular weight excluding hydrogens is 344 g/mol. The maximum Gasteiger partial charge on any atom is 0.247 e. The van der Waals surface area contributed by atoms with Gasteiger partial charge in [-0.25, -0.2) is 4.90 Å². The second-order valence-corrected chi connectivity index (χ2v) is 7.38. The number of alkyl halides is 1. The van der Waals surface area contributed by atoms with Crippen molar-refractivity contribution in [3.05, 3.63) is 35.9 Å². The zero-order valence-electron chi connectivity index (χ0n) is 14.8. The summed E-state index contributed by atoms with van der Waals surface area (Å²) in [6.07, 6.45) is -1.30. The standard InChI is InChI=1S/C18H25ClN2O4/c1-18(2,3)25-17(24)20(10-9-19)14-11-15(22)21(16(14)23)12-13-7-5-4-6-8-13/h4-8,14,17,24H,9-12H2,1-3H3. The van der Waals surface area contributed by atoms with Crippen LogP contribution in [0.15, 0.2) is 30.3 Å². The number of carbonyl (C=O) groups excluding carboxylic acids is 2. The van der Waals surface area contributed by atoms with E-state index in [9.17, 15) is 14.7 Å². The van der Waals surface area contributed by atoms with Crippen LogP contribution in [0.2, 0.25) is 0 Å². The molecule has 2 atom stereocenters. The van der Waals surface area contributed by atoms with E-state index in [4.69, 9.17) is 16.3 Å². The van der Waals surface area contributed by atoms with E-state index in [1.54, 1.807) is 20.8 Å². The minimum absolute atomic E-state index is 0.00706. The molecule has 2 amide bonds. The van der Waals surface area contributed by atoms with Gasteiger partial charge in [0.1, 0.15) is 6.04 Å². The topological polar surface area (TPSA) is 70.1 Å². The van der Waals surface area contributed by atoms with Gasteiger partial charge in [-0.15, -0.1) is 11.6 Å². The Kier molecular flexibility index (Phi) is 6.57. The summed E-state index contributed by atoms with van der Waals surface area (Å²) in [5, 5.41) is 10.4. The Hall–Kier alpha value is -1.47. The number of likely N-dealkylation sites (tertiary alicyclic amines) is 1. The van der Waals surface area contributed by atoms with E-state index in [0.717, 1.165) is 5.56 Å². The summed E-state index contributed by atoms with van der Waals surface area (Å²) in [4.78, 5) is 27.8. The van der Waals surface area contributed by atoms with Crippen molar-refractivity contribution in [3.63, 3.8) is 0 Å². The first-order chi connectivity index (χ1) is 11.7. The molecule has 0 saturated carbocycles. The maximum absolute atomic E-state index is 12.8. The Bertz CT molecular complexity index is 603. The summed E-state index contributed by atoms with van der Waals surface area (Å²) in [6, 6.07) is 8.55. The summed E-state index contributed by atoms with van der Waals surface area (Å²) >= 11 is 5.82. The Morgan fingerprint density at radius 1 is 1.32 bits per heavy atom. The van der Waals surface area contributed by atoms with Gasteiger partial charge in [-0.2, -0.15) is 0 Å². The van der Waals surface area contributed by atoms with Gasteiger partial charge in [0.2, 0.25) is 18.2 Å². The van der Waals surface area contributed by atoms with E-state index >= 15 is 0 Å². The number of hydrogen-bond acceptors (Lipinski definition) is 5. The number of rotatable bonds is 7. The fraction of sp³-hybridized carbons (Fsp3) is 0.556. The first kappa shape index (κ1) is 19.8. The summed E-state index contributed by atoms with van der Waals surface area (Å²) < 4.78 is 5.54. The van der Waals surface area contributed by atoms with Crippen molar-refractivity contribution >= 4 is 23.4 Å². The average molecular weight is 369 g/mol. The molecule has 2 unspecified atom stereocenters. The maximum atomic E-state index is 12.8. The molecule has 0 aliphatic carbocycles. The van der Waals surface area contributed by atoms with Crippen LogP contribution in [0.25, 0.3) is 0 Å². The van der Waals surface area contributed by atoms with Crippen molar-refractivity contribution in [1.29, 1.82) is 0 Å². The molecule has 7 heteroatoms. The molecule has 1 aromatic rings. The lowest BCUT2D eigenvalue weighted by Gasteiger charge is -2.34. The fourth-order valence-electron chi connectivity index (χ4n) is 2.76. The van der Waals surface area contributed by atoms with Crippen molar-refractivity contribution in [2.45, 2.75) is 51.8 Å². The van der Waals surface area contributed by atoms with Crippen LogP contribution in [0.3, 0.4) is 0 Å². The third-order valence-electron chi connectivity index (χ3n) is 3.89. The number of carbonyl (C=O) groups is 2. The summed E-state index contributed by atoms with van der Waals surface area (Å²) in [6.45, 7) is 5.87. The molecule has 25 heavy (non-hydrogen) atoms. The zero-order chi connectivity index (χ0) is 18.6. The van der Waals surface area contributed by atoms with Gasteiger partial charge in [0.25, 0.3) is 0 Å². The van der Waals surface area contributed by atoms with Crippen molar-refractivity contribution < 1.29 is 19.4 Å². The lowest BCUT2D eigenvalue weighted by molar-refractivity contribution is -0.245. The summed E-state index contributed by atoms with van der Waals surface area (Å²) in [5.74, 6) is -0.391. The number of aliphatic hydroxyl groups excluding tert-OH is 1. The first-order valence-electron chi connectivity index (χ1n) is 8.28. The minimum Gasteiger partial charge on any atom is -0.356 e. The van der Waals surface area contributed by atoms with Crippen LogP contribution < -0.4 is 0 Å². The summed E-state index contributed by atoms with van der Waals surface area (Å²) in [5.41, 5.74) is 0.277. The second-order valence-electron chi connectivity index (χ2n) is 7.01. The molecule has 1 heterocycles. The number of hydrogen-bond donors (Lipinski definition) is 1. The molecule has 2 rings (SSSR count). The normalized spacial score (nSPS) is 19.8. The molecule has 0 spiro atoms. The Morgan fingerprint density at radius 2 is 1.96 bits per heavy atom. The van der Waals surface area contributed by atoms with Crippen LogP contribution in [0, 0.1) is 0 Å². The van der Waals surface area contributed by atoms with Crippen molar-refractivity contribution in [3.8, 4) is 0 Å². The summed E-state index contributed by atoms with van der Waals surface area (Å²) in [7, 11) is 0. The third-order valence-corrected chi connectivity index (χ3v) is 4.06. The van der Waals surface area contributed by atoms with Crippen molar-refractivity contribution in [2.75, 3.05) is 12.4 Å². The molecule has 1 fully saturated rings. The fourth-order valence-corrected chi connectivity index (χ4v) is 2.95. The number of benzene rings is 1. The smallest absolute Gasteiger partial charge is 0.247 e. The Morgan fingerprint density at radius 3 is 2.52 bits per heavy atom. The van der Waals surface area contributed by atoms with E-state index in [1.165, 1.54) is 9.80 Å². The van der Waals surface area contributed by atoms with Crippen LogP contribution in [-0.4, -0.2) is 57.2 Å². The highest BCUT2D eigenvalue weighted by Crippen LogP contribution is 2.24. The number of ether oxygens (including phenoxy) is 1. The molecule has 1 aliphatic heterocycles. The number of amides is 2. The van der Waals surface area contributed by atoms with Crippen LogP contribution in [0.5, 0.6) is 0 Å². The van der Waals surface area contributed by atoms with Gasteiger partial charge < -0.3 is 9.84 Å². The molecule has 0 radical (unpaired) electrons. The van der Waals surface area contributed by atoms with Gasteiger partial charge in [0, 0.05) is 12.4 Å². The minimum atomic E-state index is -1.31. The van der Waals surface area contributed by atoms with Crippen molar-refractivity contribution in [2.24, 2.45) is 0 Å². The lowest BCUT2D eigenvalue weighted by Crippen LogP contribution is -2.51. The molecule has 1 N–H and O–H groups in total. The second kappa shape index (κ2) is 8.27. The van der Waals surface area contributed by atoms with E-state index < -0.39 is 18.1 Å². The van der Waals surface area contributed by atoms with E-state index in [1.807, 2.05) is 30.3 Å². The molecule has 138 valence electrons. The predicted octanol–water partition coefficient (Wildman–Crippen LogP) is 1.95. The first-order valence-corrected chi connectivity index (χ1v) is 8.82. The van der Waals surface area contributed by atoms with Gasteiger partial charge in [0.15, 0.2) is 0 Å². The van der Waals surface area contributed by atoms with Crippen molar-refractivity contribution in [1.82, 2.24) is 9.80 Å². The number of nitrogens with zero attached hydrogens (tertiary/aromatic N) is 2. The van der Waals surface area contributed by atoms with Crippen LogP contribution >= 0.6 is 11.6 Å². The molecule has 1 saturated heterocycles. The molecule has 1 aromatic carbocycles. The van der Waals surface area contributed by atoms with Gasteiger partial charge in [0.05, 0.1) is 18.6 Å². The lowest BCUT2D eigenvalue weighted by atomic mass is 10.2. The van der Waals surface area contributed by atoms with Crippen LogP contribution in [0.1, 0.15) is 32.8 Å². The quantitative estimate of drug-likeness (QED) is 0.452. The highest BCUT2D eigenvalue weighted by molar-refractivity contribution is 6.18. The molecule has 1 aliphatic rings. The van der Waals surface area contributed by atoms with E-state index in [2.05, 4.69) is 0 Å². The highest BCUT2D eigenvalue weighted by Gasteiger charge is 2.44. The molecule has 0 bridgehead atoms. The highest BCUT2D eigenvalue weighted by atomic mass is 35.5. The van der Waals surface area contributed by atoms with Gasteiger partial charge >= 0.3 is 0 Å². The SMILES string of the molecule is CC(C)(C)OC(O)N(CCCl)C1CC(=O)N(Cc2ccccc2)C1=O. The zero-order valence-corrected chi connectivity index (χ0v) is 15.6. The van der Waals surface area contributed by atoms with E-state index in [-0.39, 0.29) is 37.2 Å². The monoisotopic (exact) mass is 368 g/mol. The van der Waals surface area contributed by atoms with Crippen LogP contribution in [-0.2, 0) is 20.9 Å². The third kappa shape index (κ3) is 5.25. The Labute approximate surface area is 153 Å². The average Bonchev–Trinajstić information content (AvgIpc) is 2.80. The predicted molar refractivity (Wildman–Crippen MR) is 94.7 cm³/mol. The molecule has 6 nitrogen and oxygen atoms in total. The van der Waals surface area contributed by atoms with Gasteiger partial charge in [-0.05, 0) is 26.3 Å². The molecule has 0 aromatic heterocycles. The molecular formula is C18H25ClN2O4. The largest absolute Gasteiger partial charge is 0.356 e. The Balaban J connectivity index is 2.14.